The van der Waals surface area contributed by atoms with Crippen LogP contribution in [0.2, 0.25) is 10.0 Å². The SMILES string of the molecule is C[C@@H](c1ccc(Cl)cc1Cl)N(C)C(=O)c1ccc2c(c1)C(=O)N(C)C2=O. The van der Waals surface area contributed by atoms with Gasteiger partial charge in [-0.2, -0.15) is 0 Å². The molecule has 3 amide bonds. The van der Waals surface area contributed by atoms with Gasteiger partial charge in [-0.3, -0.25) is 19.3 Å². The van der Waals surface area contributed by atoms with Crippen LogP contribution in [-0.2, 0) is 0 Å². The first-order valence-corrected chi connectivity index (χ1v) is 8.66. The van der Waals surface area contributed by atoms with Crippen molar-refractivity contribution in [3.8, 4) is 0 Å². The summed E-state index contributed by atoms with van der Waals surface area (Å²) in [5, 5.41) is 0.992. The summed E-state index contributed by atoms with van der Waals surface area (Å²) in [5.41, 5.74) is 1.65. The van der Waals surface area contributed by atoms with Crippen LogP contribution in [0.15, 0.2) is 36.4 Å². The Morgan fingerprint density at radius 1 is 1.04 bits per heavy atom. The molecule has 1 aliphatic heterocycles. The molecule has 0 aliphatic carbocycles. The highest BCUT2D eigenvalue weighted by Gasteiger charge is 2.33. The first-order valence-electron chi connectivity index (χ1n) is 7.91. The Labute approximate surface area is 161 Å². The molecule has 3 rings (SSSR count). The van der Waals surface area contributed by atoms with E-state index < -0.39 is 5.91 Å². The molecule has 0 N–H and O–H groups in total. The molecule has 0 bridgehead atoms. The molecular weight excluding hydrogens is 375 g/mol. The lowest BCUT2D eigenvalue weighted by atomic mass is 10.0. The minimum Gasteiger partial charge on any atom is -0.335 e. The van der Waals surface area contributed by atoms with E-state index in [-0.39, 0.29) is 23.4 Å². The fraction of sp³-hybridized carbons (Fsp3) is 0.211. The molecule has 7 heteroatoms. The van der Waals surface area contributed by atoms with Crippen LogP contribution in [0.4, 0.5) is 0 Å². The topological polar surface area (TPSA) is 57.7 Å². The van der Waals surface area contributed by atoms with Crippen molar-refractivity contribution in [2.45, 2.75) is 13.0 Å². The minimum absolute atomic E-state index is 0.244. The molecule has 2 aromatic carbocycles. The molecule has 1 heterocycles. The number of hydrogen-bond donors (Lipinski definition) is 0. The normalized spacial score (nSPS) is 14.4. The number of hydrogen-bond acceptors (Lipinski definition) is 3. The number of carbonyl (C=O) groups is 3. The number of fused-ring (bicyclic) bond motifs is 1. The largest absolute Gasteiger partial charge is 0.335 e. The van der Waals surface area contributed by atoms with E-state index in [0.29, 0.717) is 21.2 Å². The van der Waals surface area contributed by atoms with Crippen LogP contribution in [0.25, 0.3) is 0 Å². The van der Waals surface area contributed by atoms with Gasteiger partial charge in [-0.15, -0.1) is 0 Å². The average Bonchev–Trinajstić information content (AvgIpc) is 2.84. The molecule has 0 aromatic heterocycles. The van der Waals surface area contributed by atoms with Crippen LogP contribution >= 0.6 is 23.2 Å². The molecular formula is C19H16Cl2N2O3. The Kier molecular flexibility index (Phi) is 4.78. The third-order valence-corrected chi connectivity index (χ3v) is 5.21. The van der Waals surface area contributed by atoms with Gasteiger partial charge < -0.3 is 4.90 Å². The van der Waals surface area contributed by atoms with Gasteiger partial charge in [-0.1, -0.05) is 29.3 Å². The molecule has 0 fully saturated rings. The van der Waals surface area contributed by atoms with Crippen LogP contribution in [0, 0.1) is 0 Å². The minimum atomic E-state index is -0.406. The van der Waals surface area contributed by atoms with E-state index in [0.717, 1.165) is 10.5 Å². The first-order chi connectivity index (χ1) is 12.2. The maximum absolute atomic E-state index is 12.9. The zero-order chi connectivity index (χ0) is 19.2. The van der Waals surface area contributed by atoms with E-state index in [9.17, 15) is 14.4 Å². The van der Waals surface area contributed by atoms with Crippen LogP contribution in [0.1, 0.15) is 49.6 Å². The van der Waals surface area contributed by atoms with Crippen LogP contribution < -0.4 is 0 Å². The van der Waals surface area contributed by atoms with Crippen molar-refractivity contribution in [2.75, 3.05) is 14.1 Å². The highest BCUT2D eigenvalue weighted by molar-refractivity contribution is 6.35. The number of nitrogens with zero attached hydrogens (tertiary/aromatic N) is 2. The van der Waals surface area contributed by atoms with Crippen LogP contribution in [0.3, 0.4) is 0 Å². The summed E-state index contributed by atoms with van der Waals surface area (Å²) in [7, 11) is 3.08. The summed E-state index contributed by atoms with van der Waals surface area (Å²) in [6.07, 6.45) is 0. The number of rotatable bonds is 3. The van der Waals surface area contributed by atoms with Crippen molar-refractivity contribution in [1.29, 1.82) is 0 Å². The molecule has 1 aliphatic rings. The molecule has 26 heavy (non-hydrogen) atoms. The third-order valence-electron chi connectivity index (χ3n) is 4.65. The average molecular weight is 391 g/mol. The third kappa shape index (κ3) is 2.97. The van der Waals surface area contributed by atoms with Crippen molar-refractivity contribution >= 4 is 40.9 Å². The fourth-order valence-corrected chi connectivity index (χ4v) is 3.49. The van der Waals surface area contributed by atoms with Gasteiger partial charge in [0.25, 0.3) is 17.7 Å². The van der Waals surface area contributed by atoms with Crippen molar-refractivity contribution in [2.24, 2.45) is 0 Å². The summed E-state index contributed by atoms with van der Waals surface area (Å²) in [4.78, 5) is 39.5. The molecule has 2 aromatic rings. The lowest BCUT2D eigenvalue weighted by Crippen LogP contribution is -2.30. The molecule has 0 unspecified atom stereocenters. The maximum atomic E-state index is 12.9. The van der Waals surface area contributed by atoms with Gasteiger partial charge in [0.2, 0.25) is 0 Å². The standard InChI is InChI=1S/C19H16Cl2N2O3/c1-10(13-7-5-12(20)9-16(13)21)22(2)17(24)11-4-6-14-15(8-11)19(26)23(3)18(14)25/h4-10H,1-3H3/t10-/m0/s1. The summed E-state index contributed by atoms with van der Waals surface area (Å²) >= 11 is 12.2. The van der Waals surface area contributed by atoms with Gasteiger partial charge in [0.15, 0.2) is 0 Å². The number of benzene rings is 2. The van der Waals surface area contributed by atoms with Crippen molar-refractivity contribution in [3.63, 3.8) is 0 Å². The van der Waals surface area contributed by atoms with E-state index in [2.05, 4.69) is 0 Å². The fourth-order valence-electron chi connectivity index (χ4n) is 2.92. The lowest BCUT2D eigenvalue weighted by molar-refractivity contribution is 0.0692. The highest BCUT2D eigenvalue weighted by Crippen LogP contribution is 2.30. The Bertz CT molecular complexity index is 942. The van der Waals surface area contributed by atoms with E-state index in [4.69, 9.17) is 23.2 Å². The van der Waals surface area contributed by atoms with Gasteiger partial charge in [0, 0.05) is 29.7 Å². The molecule has 1 atom stereocenters. The highest BCUT2D eigenvalue weighted by atomic mass is 35.5. The van der Waals surface area contributed by atoms with Gasteiger partial charge in [-0.25, -0.2) is 0 Å². The van der Waals surface area contributed by atoms with Gasteiger partial charge in [0.1, 0.15) is 0 Å². The number of carbonyl (C=O) groups excluding carboxylic acids is 3. The zero-order valence-electron chi connectivity index (χ0n) is 14.4. The second kappa shape index (κ2) is 6.74. The Morgan fingerprint density at radius 3 is 2.35 bits per heavy atom. The van der Waals surface area contributed by atoms with Gasteiger partial charge >= 0.3 is 0 Å². The maximum Gasteiger partial charge on any atom is 0.261 e. The summed E-state index contributed by atoms with van der Waals surface area (Å²) in [6.45, 7) is 1.85. The summed E-state index contributed by atoms with van der Waals surface area (Å²) in [6, 6.07) is 9.35. The second-order valence-corrected chi connectivity index (χ2v) is 7.03. The molecule has 0 radical (unpaired) electrons. The molecule has 0 saturated carbocycles. The van der Waals surface area contributed by atoms with Crippen LogP contribution in [0.5, 0.6) is 0 Å². The molecule has 134 valence electrons. The molecule has 5 nitrogen and oxygen atoms in total. The van der Waals surface area contributed by atoms with E-state index in [1.165, 1.54) is 24.1 Å². The van der Waals surface area contributed by atoms with Crippen LogP contribution in [-0.4, -0.2) is 41.6 Å². The Morgan fingerprint density at radius 2 is 1.69 bits per heavy atom. The number of amides is 3. The lowest BCUT2D eigenvalue weighted by Gasteiger charge is -2.26. The van der Waals surface area contributed by atoms with Crippen molar-refractivity contribution in [3.05, 3.63) is 68.7 Å². The molecule has 0 saturated heterocycles. The quantitative estimate of drug-likeness (QED) is 0.742. The summed E-state index contributed by atoms with van der Waals surface area (Å²) < 4.78 is 0. The van der Waals surface area contributed by atoms with Crippen molar-refractivity contribution in [1.82, 2.24) is 9.80 Å². The van der Waals surface area contributed by atoms with Gasteiger partial charge in [0.05, 0.1) is 17.2 Å². The predicted octanol–water partition coefficient (Wildman–Crippen LogP) is 4.05. The molecule has 0 spiro atoms. The van der Waals surface area contributed by atoms with Gasteiger partial charge in [-0.05, 0) is 42.8 Å². The number of halogens is 2. The van der Waals surface area contributed by atoms with E-state index in [1.54, 1.807) is 31.3 Å². The van der Waals surface area contributed by atoms with E-state index in [1.807, 2.05) is 6.92 Å². The first kappa shape index (κ1) is 18.4. The monoisotopic (exact) mass is 390 g/mol. The Hall–Kier alpha value is -2.37. The number of imide groups is 1. The predicted molar refractivity (Wildman–Crippen MR) is 99.8 cm³/mol. The van der Waals surface area contributed by atoms with Crippen molar-refractivity contribution < 1.29 is 14.4 Å². The Balaban J connectivity index is 1.90. The smallest absolute Gasteiger partial charge is 0.261 e. The van der Waals surface area contributed by atoms with E-state index >= 15 is 0 Å². The zero-order valence-corrected chi connectivity index (χ0v) is 15.9. The summed E-state index contributed by atoms with van der Waals surface area (Å²) in [5.74, 6) is -1.05. The second-order valence-electron chi connectivity index (χ2n) is 6.19.